The van der Waals surface area contributed by atoms with E-state index in [1.807, 2.05) is 68.4 Å². The van der Waals surface area contributed by atoms with Crippen molar-refractivity contribution in [1.82, 2.24) is 14.7 Å². The van der Waals surface area contributed by atoms with Gasteiger partial charge in [0.25, 0.3) is 0 Å². The minimum Gasteiger partial charge on any atom is -0.495 e. The predicted molar refractivity (Wildman–Crippen MR) is 181 cm³/mol. The van der Waals surface area contributed by atoms with Crippen LogP contribution in [-0.4, -0.2) is 98.4 Å². The van der Waals surface area contributed by atoms with Gasteiger partial charge in [0.05, 0.1) is 32.6 Å². The number of anilines is 2. The molecule has 250 valence electrons. The molecule has 2 N–H and O–H groups in total. The molecule has 11 nitrogen and oxygen atoms in total. The van der Waals surface area contributed by atoms with Gasteiger partial charge in [-0.1, -0.05) is 24.3 Å². The third-order valence-corrected chi connectivity index (χ3v) is 8.53. The van der Waals surface area contributed by atoms with Crippen LogP contribution < -0.4 is 20.1 Å². The second-order valence-corrected chi connectivity index (χ2v) is 11.9. The third-order valence-electron chi connectivity index (χ3n) is 8.53. The Balaban J connectivity index is 1.10. The van der Waals surface area contributed by atoms with E-state index in [4.69, 9.17) is 14.2 Å². The second-order valence-electron chi connectivity index (χ2n) is 11.9. The predicted octanol–water partition coefficient (Wildman–Crippen LogP) is 5.01. The number of benzene rings is 3. The van der Waals surface area contributed by atoms with E-state index in [1.54, 1.807) is 12.1 Å². The summed E-state index contributed by atoms with van der Waals surface area (Å²) in [7, 11) is 1.53. The molecular weight excluding hydrogens is 598 g/mol. The topological polar surface area (TPSA) is 113 Å². The number of ether oxygens (including phenoxy) is 3. The molecule has 2 heterocycles. The number of para-hydroxylation sites is 1. The van der Waals surface area contributed by atoms with Gasteiger partial charge in [-0.05, 0) is 80.3 Å². The summed E-state index contributed by atoms with van der Waals surface area (Å²) in [6.07, 6.45) is 2.19. The molecule has 1 atom stereocenters. The average Bonchev–Trinajstić information content (AvgIpc) is 3.50. The minimum absolute atomic E-state index is 0.0208. The van der Waals surface area contributed by atoms with Gasteiger partial charge >= 0.3 is 12.0 Å². The number of piperazine rings is 1. The molecular formula is C36H45N5O6. The van der Waals surface area contributed by atoms with Gasteiger partial charge < -0.3 is 24.8 Å². The molecule has 0 aliphatic carbocycles. The number of urea groups is 1. The van der Waals surface area contributed by atoms with Gasteiger partial charge in [0.2, 0.25) is 0 Å². The van der Waals surface area contributed by atoms with Gasteiger partial charge in [-0.25, -0.2) is 4.79 Å². The van der Waals surface area contributed by atoms with Crippen molar-refractivity contribution in [2.45, 2.75) is 39.3 Å². The number of carbonyl (C=O) groups excluding carboxylic acids is 3. The van der Waals surface area contributed by atoms with Gasteiger partial charge in [0, 0.05) is 50.4 Å². The van der Waals surface area contributed by atoms with Gasteiger partial charge in [0.15, 0.2) is 12.0 Å². The Labute approximate surface area is 276 Å². The SMILES string of the molecule is CCOC(=O)CN1CCN(CN2CCCC2Oc2ccc(C(=O)Cc3ccc(NC(=O)Nc4ccccc4C)c(OC)c3)cc2)CC1. The number of amides is 2. The lowest BCUT2D eigenvalue weighted by atomic mass is 10.0. The molecule has 11 heteroatoms. The number of ketones is 1. The number of nitrogens with one attached hydrogen (secondary N) is 2. The minimum atomic E-state index is -0.380. The van der Waals surface area contributed by atoms with E-state index in [9.17, 15) is 14.4 Å². The van der Waals surface area contributed by atoms with Crippen molar-refractivity contribution < 1.29 is 28.6 Å². The normalized spacial score (nSPS) is 17.2. The number of likely N-dealkylation sites (tertiary alicyclic amines) is 1. The first-order valence-corrected chi connectivity index (χ1v) is 16.3. The average molecular weight is 644 g/mol. The zero-order chi connectivity index (χ0) is 33.2. The van der Waals surface area contributed by atoms with Gasteiger partial charge in [-0.2, -0.15) is 0 Å². The number of carbonyl (C=O) groups is 3. The first kappa shape index (κ1) is 33.9. The van der Waals surface area contributed by atoms with E-state index in [-0.39, 0.29) is 30.4 Å². The van der Waals surface area contributed by atoms with Crippen molar-refractivity contribution in [3.05, 3.63) is 83.4 Å². The summed E-state index contributed by atoms with van der Waals surface area (Å²) in [6, 6.07) is 19.8. The van der Waals surface area contributed by atoms with E-state index in [1.165, 1.54) is 7.11 Å². The molecule has 0 bridgehead atoms. The summed E-state index contributed by atoms with van der Waals surface area (Å²) in [6.45, 7) is 9.79. The number of aryl methyl sites for hydroxylation is 1. The van der Waals surface area contributed by atoms with Crippen molar-refractivity contribution in [3.63, 3.8) is 0 Å². The Morgan fingerprint density at radius 2 is 1.60 bits per heavy atom. The van der Waals surface area contributed by atoms with Crippen molar-refractivity contribution in [2.75, 3.05) is 70.3 Å². The van der Waals surface area contributed by atoms with Crippen LogP contribution in [0.1, 0.15) is 41.3 Å². The zero-order valence-corrected chi connectivity index (χ0v) is 27.5. The third kappa shape index (κ3) is 9.54. The summed E-state index contributed by atoms with van der Waals surface area (Å²) in [5.41, 5.74) is 3.57. The Kier molecular flexibility index (Phi) is 11.8. The molecule has 2 aliphatic rings. The summed E-state index contributed by atoms with van der Waals surface area (Å²) in [5, 5.41) is 5.67. The van der Waals surface area contributed by atoms with Crippen LogP contribution in [0.15, 0.2) is 66.7 Å². The highest BCUT2D eigenvalue weighted by Crippen LogP contribution is 2.28. The van der Waals surface area contributed by atoms with Gasteiger partial charge in [0.1, 0.15) is 11.5 Å². The van der Waals surface area contributed by atoms with Crippen molar-refractivity contribution in [2.24, 2.45) is 0 Å². The second kappa shape index (κ2) is 16.4. The van der Waals surface area contributed by atoms with E-state index in [0.717, 1.165) is 74.8 Å². The molecule has 2 saturated heterocycles. The number of Topliss-reactive ketones (excluding diaryl/α,β-unsaturated/α-hetero) is 1. The molecule has 3 aromatic rings. The van der Waals surface area contributed by atoms with Crippen LogP contribution in [0.4, 0.5) is 16.2 Å². The van der Waals surface area contributed by atoms with E-state index in [0.29, 0.717) is 30.2 Å². The number of nitrogens with zero attached hydrogens (tertiary/aromatic N) is 3. The maximum atomic E-state index is 13.2. The lowest BCUT2D eigenvalue weighted by molar-refractivity contribution is -0.145. The zero-order valence-electron chi connectivity index (χ0n) is 27.5. The lowest BCUT2D eigenvalue weighted by Gasteiger charge is -2.37. The van der Waals surface area contributed by atoms with Crippen LogP contribution in [-0.2, 0) is 16.0 Å². The Morgan fingerprint density at radius 3 is 2.32 bits per heavy atom. The fourth-order valence-electron chi connectivity index (χ4n) is 5.93. The first-order chi connectivity index (χ1) is 22.8. The molecule has 0 spiro atoms. The van der Waals surface area contributed by atoms with Crippen molar-refractivity contribution >= 4 is 29.2 Å². The number of rotatable bonds is 13. The molecule has 2 aliphatic heterocycles. The van der Waals surface area contributed by atoms with Crippen molar-refractivity contribution in [3.8, 4) is 11.5 Å². The van der Waals surface area contributed by atoms with Crippen LogP contribution in [0.3, 0.4) is 0 Å². The summed E-state index contributed by atoms with van der Waals surface area (Å²) >= 11 is 0. The molecule has 1 unspecified atom stereocenters. The van der Waals surface area contributed by atoms with Gasteiger partial charge in [-0.3, -0.25) is 24.3 Å². The fraction of sp³-hybridized carbons (Fsp3) is 0.417. The van der Waals surface area contributed by atoms with E-state index < -0.39 is 0 Å². The van der Waals surface area contributed by atoms with E-state index >= 15 is 0 Å². The summed E-state index contributed by atoms with van der Waals surface area (Å²) in [4.78, 5) is 44.5. The molecule has 0 radical (unpaired) electrons. The quantitative estimate of drug-likeness (QED) is 0.196. The standard InChI is InChI=1S/C36H45N5O6/c1-4-46-35(43)24-39-18-20-40(21-19-39)25-41-17-7-10-34(41)47-29-14-12-28(13-15-29)32(42)22-27-11-16-31(33(23-27)45-3)38-36(44)37-30-9-6-5-8-26(30)2/h5-6,8-9,11-16,23,34H,4,7,10,17-22,24-25H2,1-3H3,(H2,37,38,44). The van der Waals surface area contributed by atoms with Crippen LogP contribution in [0.2, 0.25) is 0 Å². The van der Waals surface area contributed by atoms with Crippen LogP contribution in [0, 0.1) is 6.92 Å². The Hall–Kier alpha value is -4.45. The summed E-state index contributed by atoms with van der Waals surface area (Å²) in [5.74, 6) is 1.02. The molecule has 2 fully saturated rings. The number of methoxy groups -OCH3 is 1. The Morgan fingerprint density at radius 1 is 0.872 bits per heavy atom. The molecule has 2 amide bonds. The monoisotopic (exact) mass is 643 g/mol. The fourth-order valence-corrected chi connectivity index (χ4v) is 5.93. The van der Waals surface area contributed by atoms with Crippen LogP contribution >= 0.6 is 0 Å². The highest BCUT2D eigenvalue weighted by Gasteiger charge is 2.29. The molecule has 5 rings (SSSR count). The van der Waals surface area contributed by atoms with Crippen LogP contribution in [0.5, 0.6) is 11.5 Å². The highest BCUT2D eigenvalue weighted by atomic mass is 16.5. The largest absolute Gasteiger partial charge is 0.495 e. The smallest absolute Gasteiger partial charge is 0.323 e. The number of esters is 1. The number of hydrogen-bond donors (Lipinski definition) is 2. The van der Waals surface area contributed by atoms with Gasteiger partial charge in [-0.15, -0.1) is 0 Å². The maximum Gasteiger partial charge on any atom is 0.323 e. The maximum absolute atomic E-state index is 13.2. The highest BCUT2D eigenvalue weighted by molar-refractivity contribution is 6.01. The van der Waals surface area contributed by atoms with Crippen LogP contribution in [0.25, 0.3) is 0 Å². The number of hydrogen-bond acceptors (Lipinski definition) is 9. The molecule has 47 heavy (non-hydrogen) atoms. The lowest BCUT2D eigenvalue weighted by Crippen LogP contribution is -2.52. The first-order valence-electron chi connectivity index (χ1n) is 16.3. The van der Waals surface area contributed by atoms with Crippen molar-refractivity contribution in [1.29, 1.82) is 0 Å². The molecule has 0 saturated carbocycles. The molecule has 3 aromatic carbocycles. The Bertz CT molecular complexity index is 1520. The van der Waals surface area contributed by atoms with E-state index in [2.05, 4.69) is 25.3 Å². The summed E-state index contributed by atoms with van der Waals surface area (Å²) < 4.78 is 17.0. The molecule has 0 aromatic heterocycles.